The number of halogens is 8. The second-order valence-corrected chi connectivity index (χ2v) is 5.67. The van der Waals surface area contributed by atoms with Gasteiger partial charge in [0.15, 0.2) is 5.60 Å². The predicted octanol–water partition coefficient (Wildman–Crippen LogP) is 5.45. The minimum atomic E-state index is -6.15. The van der Waals surface area contributed by atoms with Gasteiger partial charge < -0.3 is 5.11 Å². The molecule has 0 bridgehead atoms. The van der Waals surface area contributed by atoms with Crippen molar-refractivity contribution in [1.29, 1.82) is 0 Å². The summed E-state index contributed by atoms with van der Waals surface area (Å²) in [4.78, 5) is 0. The maximum atomic E-state index is 14.3. The number of hydrogen-bond acceptors (Lipinski definition) is 1. The first-order valence-corrected chi connectivity index (χ1v) is 7.13. The Hall–Kier alpha value is -2.16. The molecule has 0 saturated heterocycles. The summed E-state index contributed by atoms with van der Waals surface area (Å²) in [5, 5.41) is 10.5. The largest absolute Gasteiger partial charge is 0.457 e. The lowest BCUT2D eigenvalue weighted by molar-refractivity contribution is -0.336. The van der Waals surface area contributed by atoms with Crippen molar-refractivity contribution in [2.24, 2.45) is 0 Å². The maximum Gasteiger partial charge on any atom is 0.457 e. The van der Waals surface area contributed by atoms with E-state index in [1.165, 1.54) is 19.1 Å². The molecule has 1 atom stereocenters. The number of aryl methyl sites for hydroxylation is 1. The molecule has 0 saturated carbocycles. The second kappa shape index (κ2) is 6.22. The van der Waals surface area contributed by atoms with E-state index >= 15 is 0 Å². The summed E-state index contributed by atoms with van der Waals surface area (Å²) in [5.74, 6) is -5.66. The van der Waals surface area contributed by atoms with Gasteiger partial charge in [-0.3, -0.25) is 0 Å². The molecular weight excluding hydrogens is 372 g/mol. The molecule has 0 amide bonds. The van der Waals surface area contributed by atoms with Gasteiger partial charge >= 0.3 is 18.3 Å². The number of alkyl halides is 8. The Kier molecular flexibility index (Phi) is 4.82. The molecule has 142 valence electrons. The summed E-state index contributed by atoms with van der Waals surface area (Å²) in [7, 11) is 0. The Bertz CT molecular complexity index is 777. The zero-order valence-corrected chi connectivity index (χ0v) is 13.1. The van der Waals surface area contributed by atoms with Gasteiger partial charge in [-0.1, -0.05) is 36.4 Å². The van der Waals surface area contributed by atoms with Crippen molar-refractivity contribution in [2.45, 2.75) is 30.8 Å². The van der Waals surface area contributed by atoms with Crippen LogP contribution >= 0.6 is 0 Å². The van der Waals surface area contributed by atoms with Crippen molar-refractivity contribution in [2.75, 3.05) is 0 Å². The van der Waals surface area contributed by atoms with Crippen molar-refractivity contribution < 1.29 is 40.2 Å². The highest BCUT2D eigenvalue weighted by Crippen LogP contribution is 2.52. The molecule has 0 spiro atoms. The SMILES string of the molecule is Cc1ccccc1C(O)(c1ccc(C(F)(F)F)cc1)C(F)(F)C(F)(F)F. The molecule has 0 aliphatic rings. The maximum absolute atomic E-state index is 14.3. The lowest BCUT2D eigenvalue weighted by Crippen LogP contribution is -2.55. The Balaban J connectivity index is 2.76. The zero-order valence-electron chi connectivity index (χ0n) is 13.1. The Morgan fingerprint density at radius 3 is 1.58 bits per heavy atom. The third-order valence-electron chi connectivity index (χ3n) is 3.98. The topological polar surface area (TPSA) is 20.2 Å². The minimum absolute atomic E-state index is 0.0844. The first-order valence-electron chi connectivity index (χ1n) is 7.13. The van der Waals surface area contributed by atoms with Crippen LogP contribution in [0.3, 0.4) is 0 Å². The molecule has 0 aliphatic heterocycles. The van der Waals surface area contributed by atoms with E-state index < -0.39 is 40.6 Å². The van der Waals surface area contributed by atoms with Gasteiger partial charge in [0.25, 0.3) is 0 Å². The molecule has 2 aromatic carbocycles. The first-order chi connectivity index (χ1) is 11.7. The standard InChI is InChI=1S/C17H12F8O/c1-10-4-2-3-5-13(10)14(26,16(21,22)17(23,24)25)11-6-8-12(9-7-11)15(18,19)20/h2-9,26H,1H3. The van der Waals surface area contributed by atoms with E-state index in [4.69, 9.17) is 0 Å². The van der Waals surface area contributed by atoms with Gasteiger partial charge in [-0.05, 0) is 35.7 Å². The van der Waals surface area contributed by atoms with Gasteiger partial charge in [0.05, 0.1) is 5.56 Å². The average Bonchev–Trinajstić information content (AvgIpc) is 2.52. The van der Waals surface area contributed by atoms with Crippen LogP contribution in [0.15, 0.2) is 48.5 Å². The Labute approximate surface area is 142 Å². The van der Waals surface area contributed by atoms with Crippen LogP contribution in [0.5, 0.6) is 0 Å². The highest BCUT2D eigenvalue weighted by Gasteiger charge is 2.71. The van der Waals surface area contributed by atoms with Crippen LogP contribution in [-0.4, -0.2) is 17.2 Å². The van der Waals surface area contributed by atoms with Crippen molar-refractivity contribution in [1.82, 2.24) is 0 Å². The summed E-state index contributed by atoms with van der Waals surface area (Å²) >= 11 is 0. The van der Waals surface area contributed by atoms with Crippen molar-refractivity contribution in [3.05, 3.63) is 70.8 Å². The van der Waals surface area contributed by atoms with E-state index in [1.54, 1.807) is 0 Å². The minimum Gasteiger partial charge on any atom is -0.374 e. The average molecular weight is 384 g/mol. The Morgan fingerprint density at radius 1 is 0.692 bits per heavy atom. The fourth-order valence-electron chi connectivity index (χ4n) is 2.59. The lowest BCUT2D eigenvalue weighted by Gasteiger charge is -2.38. The fraction of sp³-hybridized carbons (Fsp3) is 0.294. The van der Waals surface area contributed by atoms with E-state index in [-0.39, 0.29) is 5.56 Å². The molecule has 2 aromatic rings. The van der Waals surface area contributed by atoms with E-state index in [2.05, 4.69) is 0 Å². The molecule has 0 fully saturated rings. The number of hydrogen-bond donors (Lipinski definition) is 1. The van der Waals surface area contributed by atoms with Crippen molar-refractivity contribution >= 4 is 0 Å². The molecule has 1 nitrogen and oxygen atoms in total. The fourth-order valence-corrected chi connectivity index (χ4v) is 2.59. The van der Waals surface area contributed by atoms with Gasteiger partial charge in [0, 0.05) is 0 Å². The first kappa shape index (κ1) is 20.2. The molecule has 0 radical (unpaired) electrons. The highest BCUT2D eigenvalue weighted by molar-refractivity contribution is 5.44. The van der Waals surface area contributed by atoms with E-state index in [9.17, 15) is 40.2 Å². The number of aliphatic hydroxyl groups is 1. The van der Waals surface area contributed by atoms with E-state index in [0.29, 0.717) is 24.3 Å². The summed E-state index contributed by atoms with van der Waals surface area (Å²) in [6.07, 6.45) is -11.0. The lowest BCUT2D eigenvalue weighted by atomic mass is 9.78. The molecule has 2 rings (SSSR count). The van der Waals surface area contributed by atoms with Crippen LogP contribution in [0, 0.1) is 6.92 Å². The van der Waals surface area contributed by atoms with Crippen LogP contribution in [0.4, 0.5) is 35.1 Å². The third kappa shape index (κ3) is 3.15. The summed E-state index contributed by atoms with van der Waals surface area (Å²) in [5.41, 5.74) is -7.01. The number of rotatable bonds is 3. The van der Waals surface area contributed by atoms with Gasteiger partial charge in [-0.15, -0.1) is 0 Å². The number of benzene rings is 2. The highest BCUT2D eigenvalue weighted by atomic mass is 19.4. The van der Waals surface area contributed by atoms with Crippen molar-refractivity contribution in [3.8, 4) is 0 Å². The normalized spacial score (nSPS) is 15.6. The molecule has 0 heterocycles. The third-order valence-corrected chi connectivity index (χ3v) is 3.98. The van der Waals surface area contributed by atoms with Gasteiger partial charge in [0.2, 0.25) is 0 Å². The van der Waals surface area contributed by atoms with Crippen LogP contribution in [0.25, 0.3) is 0 Å². The summed E-state index contributed by atoms with van der Waals surface area (Å²) < 4.78 is 105. The molecule has 0 aromatic heterocycles. The van der Waals surface area contributed by atoms with Crippen LogP contribution in [0.2, 0.25) is 0 Å². The molecular formula is C17H12F8O. The molecule has 26 heavy (non-hydrogen) atoms. The van der Waals surface area contributed by atoms with Crippen LogP contribution < -0.4 is 0 Å². The molecule has 0 aliphatic carbocycles. The smallest absolute Gasteiger partial charge is 0.374 e. The van der Waals surface area contributed by atoms with Gasteiger partial charge in [-0.2, -0.15) is 35.1 Å². The van der Waals surface area contributed by atoms with Gasteiger partial charge in [0.1, 0.15) is 0 Å². The second-order valence-electron chi connectivity index (χ2n) is 5.67. The van der Waals surface area contributed by atoms with E-state index in [0.717, 1.165) is 12.1 Å². The van der Waals surface area contributed by atoms with Crippen LogP contribution in [0.1, 0.15) is 22.3 Å². The molecule has 1 unspecified atom stereocenters. The predicted molar refractivity (Wildman–Crippen MR) is 76.6 cm³/mol. The monoisotopic (exact) mass is 384 g/mol. The summed E-state index contributed by atoms with van der Waals surface area (Å²) in [6.45, 7) is 1.21. The molecule has 1 N–H and O–H groups in total. The Morgan fingerprint density at radius 2 is 1.15 bits per heavy atom. The van der Waals surface area contributed by atoms with Crippen molar-refractivity contribution in [3.63, 3.8) is 0 Å². The van der Waals surface area contributed by atoms with E-state index in [1.807, 2.05) is 0 Å². The zero-order chi connectivity index (χ0) is 20.0. The summed E-state index contributed by atoms with van der Waals surface area (Å²) in [6, 6.07) is 6.07. The molecule has 9 heteroatoms. The quantitative estimate of drug-likeness (QED) is 0.698. The van der Waals surface area contributed by atoms with Crippen LogP contribution in [-0.2, 0) is 11.8 Å². The van der Waals surface area contributed by atoms with Gasteiger partial charge in [-0.25, -0.2) is 0 Å².